The smallest absolute Gasteiger partial charge is 0.0443 e. The van der Waals surface area contributed by atoms with Crippen molar-refractivity contribution >= 4 is 0 Å². The molecule has 0 fully saturated rings. The van der Waals surface area contributed by atoms with E-state index in [0.717, 1.165) is 13.0 Å². The number of hydrogen-bond acceptors (Lipinski definition) is 3. The number of aliphatic hydroxyl groups is 1. The summed E-state index contributed by atoms with van der Waals surface area (Å²) in [6.07, 6.45) is 0.722. The van der Waals surface area contributed by atoms with Gasteiger partial charge in [0, 0.05) is 6.61 Å². The highest BCUT2D eigenvalue weighted by Crippen LogP contribution is 1.81. The van der Waals surface area contributed by atoms with Crippen molar-refractivity contribution in [3.63, 3.8) is 0 Å². The molecule has 0 radical (unpaired) electrons. The highest BCUT2D eigenvalue weighted by Gasteiger charge is 1.80. The van der Waals surface area contributed by atoms with Gasteiger partial charge in [0.25, 0.3) is 0 Å². The van der Waals surface area contributed by atoms with E-state index in [9.17, 15) is 0 Å². The fourth-order valence-electron chi connectivity index (χ4n) is 0.0913. The number of aliphatic hydroxyl groups excluding tert-OH is 1. The second-order valence-electron chi connectivity index (χ2n) is 2.50. The van der Waals surface area contributed by atoms with Gasteiger partial charge in [-0.3, -0.25) is 0 Å². The van der Waals surface area contributed by atoms with E-state index < -0.39 is 0 Å². The largest absolute Gasteiger partial charge is 0.396 e. The first-order valence-electron chi connectivity index (χ1n) is 3.70. The van der Waals surface area contributed by atoms with Gasteiger partial charge in [0.05, 0.1) is 0 Å². The molecular formula is C7H20N2O. The molecule has 0 atom stereocenters. The van der Waals surface area contributed by atoms with E-state index in [4.69, 9.17) is 16.6 Å². The standard InChI is InChI=1S/C4H11N.C3H9NO/c1-4(2)3-5;4-2-1-3-5/h4H,3,5H2,1-2H3;5H,1-4H2. The summed E-state index contributed by atoms with van der Waals surface area (Å²) in [7, 11) is 0. The van der Waals surface area contributed by atoms with Crippen LogP contribution in [0.2, 0.25) is 0 Å². The van der Waals surface area contributed by atoms with Crippen LogP contribution in [0.4, 0.5) is 0 Å². The Bertz CT molecular complexity index is 46.9. The lowest BCUT2D eigenvalue weighted by atomic mass is 10.2. The predicted molar refractivity (Wildman–Crippen MR) is 44.6 cm³/mol. The van der Waals surface area contributed by atoms with Gasteiger partial charge in [-0.25, -0.2) is 0 Å². The van der Waals surface area contributed by atoms with Gasteiger partial charge in [-0.1, -0.05) is 13.8 Å². The Kier molecular flexibility index (Phi) is 14.6. The van der Waals surface area contributed by atoms with Crippen LogP contribution in [0.5, 0.6) is 0 Å². The van der Waals surface area contributed by atoms with E-state index >= 15 is 0 Å². The monoisotopic (exact) mass is 148 g/mol. The lowest BCUT2D eigenvalue weighted by Crippen LogP contribution is -2.05. The maximum absolute atomic E-state index is 7.99. The lowest BCUT2D eigenvalue weighted by Gasteiger charge is -1.91. The molecule has 3 nitrogen and oxygen atoms in total. The average molecular weight is 148 g/mol. The van der Waals surface area contributed by atoms with Crippen molar-refractivity contribution in [1.82, 2.24) is 0 Å². The maximum atomic E-state index is 7.99. The van der Waals surface area contributed by atoms with Crippen LogP contribution in [0.15, 0.2) is 0 Å². The van der Waals surface area contributed by atoms with Crippen molar-refractivity contribution < 1.29 is 5.11 Å². The van der Waals surface area contributed by atoms with Gasteiger partial charge in [0.2, 0.25) is 0 Å². The number of rotatable bonds is 3. The molecule has 0 aromatic heterocycles. The highest BCUT2D eigenvalue weighted by molar-refractivity contribution is 4.38. The Morgan fingerprint density at radius 1 is 1.30 bits per heavy atom. The van der Waals surface area contributed by atoms with E-state index in [1.807, 2.05) is 0 Å². The zero-order valence-corrected chi connectivity index (χ0v) is 7.01. The fourth-order valence-corrected chi connectivity index (χ4v) is 0.0913. The summed E-state index contributed by atoms with van der Waals surface area (Å²) in [5.41, 5.74) is 10.2. The summed E-state index contributed by atoms with van der Waals surface area (Å²) >= 11 is 0. The average Bonchev–Trinajstić information content (AvgIpc) is 1.91. The molecule has 0 rings (SSSR count). The third kappa shape index (κ3) is 24.8. The first-order valence-corrected chi connectivity index (χ1v) is 3.70. The molecule has 0 unspecified atom stereocenters. The molecule has 0 bridgehead atoms. The molecule has 10 heavy (non-hydrogen) atoms. The van der Waals surface area contributed by atoms with E-state index in [-0.39, 0.29) is 6.61 Å². The molecule has 5 N–H and O–H groups in total. The van der Waals surface area contributed by atoms with Crippen molar-refractivity contribution in [2.75, 3.05) is 19.7 Å². The van der Waals surface area contributed by atoms with Crippen molar-refractivity contribution in [2.24, 2.45) is 17.4 Å². The Hall–Kier alpha value is -0.120. The van der Waals surface area contributed by atoms with Crippen LogP contribution in [-0.4, -0.2) is 24.8 Å². The second kappa shape index (κ2) is 11.6. The van der Waals surface area contributed by atoms with Crippen LogP contribution in [0.25, 0.3) is 0 Å². The van der Waals surface area contributed by atoms with Gasteiger partial charge in [0.1, 0.15) is 0 Å². The van der Waals surface area contributed by atoms with Crippen LogP contribution in [-0.2, 0) is 0 Å². The normalized spacial score (nSPS) is 9.00. The topological polar surface area (TPSA) is 72.3 Å². The van der Waals surface area contributed by atoms with Gasteiger partial charge in [-0.15, -0.1) is 0 Å². The fraction of sp³-hybridized carbons (Fsp3) is 1.00. The van der Waals surface area contributed by atoms with Gasteiger partial charge in [-0.05, 0) is 25.4 Å². The molecule has 3 heteroatoms. The van der Waals surface area contributed by atoms with E-state index in [1.54, 1.807) is 0 Å². The van der Waals surface area contributed by atoms with Gasteiger partial charge >= 0.3 is 0 Å². The highest BCUT2D eigenvalue weighted by atomic mass is 16.2. The molecule has 0 amide bonds. The van der Waals surface area contributed by atoms with Crippen molar-refractivity contribution in [3.8, 4) is 0 Å². The predicted octanol–water partition coefficient (Wildman–Crippen LogP) is -0.0714. The third-order valence-corrected chi connectivity index (χ3v) is 0.834. The van der Waals surface area contributed by atoms with Crippen molar-refractivity contribution in [3.05, 3.63) is 0 Å². The van der Waals surface area contributed by atoms with Crippen molar-refractivity contribution in [1.29, 1.82) is 0 Å². The minimum absolute atomic E-state index is 0.219. The van der Waals surface area contributed by atoms with Crippen LogP contribution >= 0.6 is 0 Å². The molecule has 0 saturated carbocycles. The second-order valence-corrected chi connectivity index (χ2v) is 2.50. The van der Waals surface area contributed by atoms with E-state index in [0.29, 0.717) is 12.5 Å². The minimum atomic E-state index is 0.219. The van der Waals surface area contributed by atoms with Crippen LogP contribution in [0, 0.1) is 5.92 Å². The molecule has 64 valence electrons. The van der Waals surface area contributed by atoms with Crippen LogP contribution in [0.3, 0.4) is 0 Å². The SMILES string of the molecule is CC(C)CN.NCCCO. The maximum Gasteiger partial charge on any atom is 0.0443 e. The molecule has 0 aromatic carbocycles. The van der Waals surface area contributed by atoms with Gasteiger partial charge < -0.3 is 16.6 Å². The first kappa shape index (κ1) is 12.5. The Morgan fingerprint density at radius 2 is 1.70 bits per heavy atom. The summed E-state index contributed by atoms with van der Waals surface area (Å²) in [6, 6.07) is 0. The minimum Gasteiger partial charge on any atom is -0.396 e. The molecule has 0 aliphatic carbocycles. The zero-order valence-electron chi connectivity index (χ0n) is 7.01. The van der Waals surface area contributed by atoms with Crippen LogP contribution in [0.1, 0.15) is 20.3 Å². The van der Waals surface area contributed by atoms with Gasteiger partial charge in [-0.2, -0.15) is 0 Å². The number of hydrogen-bond donors (Lipinski definition) is 3. The summed E-state index contributed by atoms with van der Waals surface area (Å²) < 4.78 is 0. The molecule has 0 aromatic rings. The number of nitrogens with two attached hydrogens (primary N) is 2. The Morgan fingerprint density at radius 3 is 1.70 bits per heavy atom. The summed E-state index contributed by atoms with van der Waals surface area (Å²) in [5, 5.41) is 7.99. The lowest BCUT2D eigenvalue weighted by molar-refractivity contribution is 0.291. The zero-order chi connectivity index (χ0) is 8.41. The first-order chi connectivity index (χ1) is 4.68. The van der Waals surface area contributed by atoms with Gasteiger partial charge in [0.15, 0.2) is 0 Å². The van der Waals surface area contributed by atoms with E-state index in [2.05, 4.69) is 13.8 Å². The Labute approximate surface area is 63.4 Å². The van der Waals surface area contributed by atoms with Crippen molar-refractivity contribution in [2.45, 2.75) is 20.3 Å². The third-order valence-electron chi connectivity index (χ3n) is 0.834. The van der Waals surface area contributed by atoms with E-state index in [1.165, 1.54) is 0 Å². The molecular weight excluding hydrogens is 128 g/mol. The van der Waals surface area contributed by atoms with Crippen LogP contribution < -0.4 is 11.5 Å². The summed E-state index contributed by atoms with van der Waals surface area (Å²) in [4.78, 5) is 0. The molecule has 0 saturated heterocycles. The Balaban J connectivity index is 0. The quantitative estimate of drug-likeness (QED) is 0.524. The molecule has 0 heterocycles. The molecule has 0 aliphatic rings. The molecule has 0 aliphatic heterocycles. The summed E-state index contributed by atoms with van der Waals surface area (Å²) in [5.74, 6) is 0.662. The summed E-state index contributed by atoms with van der Waals surface area (Å²) in [6.45, 7) is 5.81. The molecule has 0 spiro atoms.